The number of pyridine rings is 1. The number of hydrogen-bond acceptors (Lipinski definition) is 3. The highest BCUT2D eigenvalue weighted by Gasteiger charge is 2.31. The van der Waals surface area contributed by atoms with Crippen LogP contribution in [0.4, 0.5) is 0 Å². The molecular formula is C29H35N3O. The molecule has 1 fully saturated rings. The number of carbonyl (C=O) groups is 1. The predicted molar refractivity (Wildman–Crippen MR) is 134 cm³/mol. The fraction of sp³-hybridized carbons (Fsp3) is 0.379. The zero-order valence-electron chi connectivity index (χ0n) is 19.9. The number of rotatable bonds is 8. The van der Waals surface area contributed by atoms with Gasteiger partial charge in [-0.3, -0.25) is 9.78 Å². The Morgan fingerprint density at radius 1 is 1.00 bits per heavy atom. The fourth-order valence-electron chi connectivity index (χ4n) is 4.85. The highest BCUT2D eigenvalue weighted by Crippen LogP contribution is 2.30. The van der Waals surface area contributed by atoms with Crippen molar-refractivity contribution < 1.29 is 4.79 Å². The average Bonchev–Trinajstić information content (AvgIpc) is 2.86. The van der Waals surface area contributed by atoms with Gasteiger partial charge in [0.25, 0.3) is 0 Å². The number of amides is 1. The summed E-state index contributed by atoms with van der Waals surface area (Å²) in [6.45, 7) is 5.18. The van der Waals surface area contributed by atoms with Crippen molar-refractivity contribution in [2.24, 2.45) is 5.92 Å². The highest BCUT2D eigenvalue weighted by atomic mass is 16.2. The van der Waals surface area contributed by atoms with Crippen molar-refractivity contribution in [1.82, 2.24) is 14.8 Å². The van der Waals surface area contributed by atoms with Gasteiger partial charge in [0, 0.05) is 19.2 Å². The van der Waals surface area contributed by atoms with Crippen molar-refractivity contribution in [2.45, 2.75) is 38.6 Å². The van der Waals surface area contributed by atoms with Crippen molar-refractivity contribution in [1.29, 1.82) is 0 Å². The van der Waals surface area contributed by atoms with Gasteiger partial charge in [0.05, 0.1) is 11.7 Å². The lowest BCUT2D eigenvalue weighted by atomic mass is 9.93. The van der Waals surface area contributed by atoms with Crippen LogP contribution in [-0.4, -0.2) is 47.4 Å². The minimum absolute atomic E-state index is 0.0806. The number of nitrogens with zero attached hydrogens (tertiary/aromatic N) is 3. The number of hydrogen-bond donors (Lipinski definition) is 0. The van der Waals surface area contributed by atoms with Gasteiger partial charge in [0.1, 0.15) is 0 Å². The lowest BCUT2D eigenvalue weighted by molar-refractivity contribution is -0.137. The third-order valence-electron chi connectivity index (χ3n) is 6.82. The molecule has 1 unspecified atom stereocenters. The SMILES string of the molecule is Cc1ccc(C(c2ccccn2)N(C)C(=O)C2CCN(CCCc3ccccc3)CC2)cc1. The lowest BCUT2D eigenvalue weighted by Gasteiger charge is -2.36. The molecular weight excluding hydrogens is 406 g/mol. The minimum atomic E-state index is -0.164. The van der Waals surface area contributed by atoms with E-state index in [0.717, 1.165) is 56.6 Å². The molecule has 1 aliphatic rings. The van der Waals surface area contributed by atoms with Crippen molar-refractivity contribution in [3.8, 4) is 0 Å². The second-order valence-corrected chi connectivity index (χ2v) is 9.22. The molecule has 172 valence electrons. The van der Waals surface area contributed by atoms with Crippen LogP contribution >= 0.6 is 0 Å². The van der Waals surface area contributed by atoms with E-state index in [0.29, 0.717) is 0 Å². The van der Waals surface area contributed by atoms with Gasteiger partial charge < -0.3 is 9.80 Å². The van der Waals surface area contributed by atoms with Gasteiger partial charge in [0.2, 0.25) is 5.91 Å². The fourth-order valence-corrected chi connectivity index (χ4v) is 4.85. The van der Waals surface area contributed by atoms with E-state index in [1.165, 1.54) is 11.1 Å². The summed E-state index contributed by atoms with van der Waals surface area (Å²) in [6, 6.07) is 24.9. The third-order valence-corrected chi connectivity index (χ3v) is 6.82. The van der Waals surface area contributed by atoms with E-state index in [-0.39, 0.29) is 17.9 Å². The maximum absolute atomic E-state index is 13.5. The maximum atomic E-state index is 13.5. The van der Waals surface area contributed by atoms with Crippen LogP contribution in [0.15, 0.2) is 79.0 Å². The molecule has 1 amide bonds. The molecule has 1 atom stereocenters. The summed E-state index contributed by atoms with van der Waals surface area (Å²) in [5, 5.41) is 0. The molecule has 4 nitrogen and oxygen atoms in total. The summed E-state index contributed by atoms with van der Waals surface area (Å²) in [6.07, 6.45) is 5.94. The Morgan fingerprint density at radius 2 is 1.70 bits per heavy atom. The number of likely N-dealkylation sites (tertiary alicyclic amines) is 1. The molecule has 0 N–H and O–H groups in total. The molecule has 1 aromatic heterocycles. The Bertz CT molecular complexity index is 996. The minimum Gasteiger partial charge on any atom is -0.333 e. The van der Waals surface area contributed by atoms with Crippen LogP contribution in [0.5, 0.6) is 0 Å². The third kappa shape index (κ3) is 6.08. The topological polar surface area (TPSA) is 36.4 Å². The molecule has 4 heteroatoms. The summed E-state index contributed by atoms with van der Waals surface area (Å²) >= 11 is 0. The first kappa shape index (κ1) is 23.2. The van der Waals surface area contributed by atoms with Crippen LogP contribution < -0.4 is 0 Å². The van der Waals surface area contributed by atoms with E-state index in [9.17, 15) is 4.79 Å². The first-order valence-corrected chi connectivity index (χ1v) is 12.1. The van der Waals surface area contributed by atoms with E-state index in [1.54, 1.807) is 0 Å². The highest BCUT2D eigenvalue weighted by molar-refractivity contribution is 5.79. The van der Waals surface area contributed by atoms with Gasteiger partial charge in [-0.15, -0.1) is 0 Å². The van der Waals surface area contributed by atoms with Gasteiger partial charge in [0.15, 0.2) is 0 Å². The normalized spacial score (nSPS) is 15.8. The van der Waals surface area contributed by atoms with Crippen LogP contribution in [0.2, 0.25) is 0 Å². The molecule has 33 heavy (non-hydrogen) atoms. The Balaban J connectivity index is 1.36. The molecule has 0 spiro atoms. The first-order chi connectivity index (χ1) is 16.1. The van der Waals surface area contributed by atoms with E-state index >= 15 is 0 Å². The maximum Gasteiger partial charge on any atom is 0.226 e. The molecule has 4 rings (SSSR count). The number of piperidine rings is 1. The Hall–Kier alpha value is -2.98. The average molecular weight is 442 g/mol. The first-order valence-electron chi connectivity index (χ1n) is 12.1. The van der Waals surface area contributed by atoms with Crippen LogP contribution in [-0.2, 0) is 11.2 Å². The van der Waals surface area contributed by atoms with Crippen molar-refractivity contribution in [3.05, 3.63) is 101 Å². The van der Waals surface area contributed by atoms with E-state index in [1.807, 2.05) is 36.3 Å². The number of carbonyl (C=O) groups excluding carboxylic acids is 1. The van der Waals surface area contributed by atoms with Crippen LogP contribution in [0.25, 0.3) is 0 Å². The molecule has 2 heterocycles. The quantitative estimate of drug-likeness (QED) is 0.477. The van der Waals surface area contributed by atoms with E-state index < -0.39 is 0 Å². The van der Waals surface area contributed by atoms with E-state index in [4.69, 9.17) is 0 Å². The van der Waals surface area contributed by atoms with Crippen LogP contribution in [0.3, 0.4) is 0 Å². The van der Waals surface area contributed by atoms with Gasteiger partial charge in [-0.2, -0.15) is 0 Å². The lowest BCUT2D eigenvalue weighted by Crippen LogP contribution is -2.43. The summed E-state index contributed by atoms with van der Waals surface area (Å²) in [5.41, 5.74) is 4.64. The van der Waals surface area contributed by atoms with Gasteiger partial charge in [-0.25, -0.2) is 0 Å². The molecule has 0 saturated carbocycles. The summed E-state index contributed by atoms with van der Waals surface area (Å²) in [7, 11) is 1.94. The molecule has 1 saturated heterocycles. The molecule has 0 radical (unpaired) electrons. The number of aromatic nitrogens is 1. The van der Waals surface area contributed by atoms with Crippen LogP contribution in [0, 0.1) is 12.8 Å². The number of aryl methyl sites for hydroxylation is 2. The second-order valence-electron chi connectivity index (χ2n) is 9.22. The van der Waals surface area contributed by atoms with Gasteiger partial charge >= 0.3 is 0 Å². The Kier molecular flexibility index (Phi) is 7.90. The number of benzene rings is 2. The monoisotopic (exact) mass is 441 g/mol. The van der Waals surface area contributed by atoms with Crippen molar-refractivity contribution in [3.63, 3.8) is 0 Å². The van der Waals surface area contributed by atoms with E-state index in [2.05, 4.69) is 71.4 Å². The van der Waals surface area contributed by atoms with Crippen molar-refractivity contribution >= 4 is 5.91 Å². The zero-order chi connectivity index (χ0) is 23.0. The molecule has 3 aromatic rings. The summed E-state index contributed by atoms with van der Waals surface area (Å²) in [4.78, 5) is 22.6. The Morgan fingerprint density at radius 3 is 2.36 bits per heavy atom. The summed E-state index contributed by atoms with van der Waals surface area (Å²) in [5.74, 6) is 0.312. The molecule has 0 aliphatic carbocycles. The molecule has 0 bridgehead atoms. The molecule has 2 aromatic carbocycles. The largest absolute Gasteiger partial charge is 0.333 e. The van der Waals surface area contributed by atoms with Crippen molar-refractivity contribution in [2.75, 3.05) is 26.7 Å². The van der Waals surface area contributed by atoms with Gasteiger partial charge in [-0.1, -0.05) is 66.2 Å². The Labute approximate surface area is 198 Å². The second kappa shape index (κ2) is 11.2. The smallest absolute Gasteiger partial charge is 0.226 e. The predicted octanol–water partition coefficient (Wildman–Crippen LogP) is 5.28. The zero-order valence-corrected chi connectivity index (χ0v) is 19.9. The van der Waals surface area contributed by atoms with Crippen LogP contribution in [0.1, 0.15) is 47.7 Å². The standard InChI is InChI=1S/C29H35N3O/c1-23-13-15-25(16-14-23)28(27-12-6-7-19-30-27)31(2)29(33)26-17-21-32(22-18-26)20-8-11-24-9-4-3-5-10-24/h3-7,9-10,12-16,19,26,28H,8,11,17-18,20-22H2,1-2H3. The van der Waals surface area contributed by atoms with Gasteiger partial charge in [-0.05, 0) is 75.5 Å². The molecule has 1 aliphatic heterocycles. The summed E-state index contributed by atoms with van der Waals surface area (Å²) < 4.78 is 0.